The average Bonchev–Trinajstić information content (AvgIpc) is 3.19. The van der Waals surface area contributed by atoms with Crippen LogP contribution < -0.4 is 5.46 Å². The molecule has 0 bridgehead atoms. The van der Waals surface area contributed by atoms with Crippen molar-refractivity contribution in [1.29, 1.82) is 0 Å². The van der Waals surface area contributed by atoms with E-state index in [0.717, 1.165) is 0 Å². The summed E-state index contributed by atoms with van der Waals surface area (Å²) in [5, 5.41) is 0. The number of hydrogen-bond acceptors (Lipinski definition) is 5. The first-order valence-corrected chi connectivity index (χ1v) is 10.3. The van der Waals surface area contributed by atoms with Gasteiger partial charge in [0, 0.05) is 16.7 Å². The topological polar surface area (TPSA) is 57.1 Å². The summed E-state index contributed by atoms with van der Waals surface area (Å²) < 4.78 is 95.0. The standard InChI is InChI=1S/C27H26BN3O2/c1-26(2)27(3,4)33-28(32-26)22-18-12-11-17-21(22)25-30-23(19-13-7-5-8-14-19)29-24(31-25)20-15-9-6-10-16-20/h5-18H,1-4H3/i5D,6D,7D,8D,9D,10D,13D,14D,15D,16D. The smallest absolute Gasteiger partial charge is 0.399 e. The maximum absolute atomic E-state index is 8.50. The Morgan fingerprint density at radius 3 is 1.64 bits per heavy atom. The van der Waals surface area contributed by atoms with Crippen LogP contribution in [0.25, 0.3) is 34.2 Å². The summed E-state index contributed by atoms with van der Waals surface area (Å²) in [6, 6.07) is 0.936. The molecule has 3 aromatic carbocycles. The van der Waals surface area contributed by atoms with Gasteiger partial charge in [0.25, 0.3) is 0 Å². The SMILES string of the molecule is [2H]c1c([2H])c([2H])c(-c2nc(-c3ccccc3B3OC(C)(C)C(C)(C)O3)nc(-c3c([2H])c([2H])c([2H])c([2H])c3[2H])n2)c([2H])c1[2H]. The van der Waals surface area contributed by atoms with Crippen LogP contribution in [0.1, 0.15) is 41.4 Å². The summed E-state index contributed by atoms with van der Waals surface area (Å²) in [5.41, 5.74) is -1.13. The molecule has 0 spiro atoms. The van der Waals surface area contributed by atoms with Crippen molar-refractivity contribution >= 4 is 12.6 Å². The van der Waals surface area contributed by atoms with E-state index >= 15 is 0 Å². The van der Waals surface area contributed by atoms with Crippen molar-refractivity contribution in [3.8, 4) is 34.2 Å². The van der Waals surface area contributed by atoms with Gasteiger partial charge in [0.1, 0.15) is 0 Å². The van der Waals surface area contributed by atoms with Crippen molar-refractivity contribution in [1.82, 2.24) is 15.0 Å². The molecule has 33 heavy (non-hydrogen) atoms. The van der Waals surface area contributed by atoms with Gasteiger partial charge in [-0.1, -0.05) is 84.7 Å². The van der Waals surface area contributed by atoms with Crippen LogP contribution in [0.2, 0.25) is 0 Å². The predicted octanol–water partition coefficient (Wildman–Crippen LogP) is 5.17. The second kappa shape index (κ2) is 8.21. The van der Waals surface area contributed by atoms with Crippen molar-refractivity contribution in [2.24, 2.45) is 0 Å². The summed E-state index contributed by atoms with van der Waals surface area (Å²) in [5.74, 6) is -0.732. The van der Waals surface area contributed by atoms with Gasteiger partial charge in [0.15, 0.2) is 17.5 Å². The number of hydrogen-bond donors (Lipinski definition) is 0. The Morgan fingerprint density at radius 1 is 0.667 bits per heavy atom. The molecule has 164 valence electrons. The zero-order valence-corrected chi connectivity index (χ0v) is 18.5. The van der Waals surface area contributed by atoms with E-state index in [-0.39, 0.29) is 28.6 Å². The van der Waals surface area contributed by atoms with Gasteiger partial charge in [-0.15, -0.1) is 0 Å². The fourth-order valence-corrected chi connectivity index (χ4v) is 3.32. The van der Waals surface area contributed by atoms with Crippen LogP contribution in [0.5, 0.6) is 0 Å². The minimum atomic E-state index is -0.855. The second-order valence-corrected chi connectivity index (χ2v) is 8.48. The number of benzene rings is 3. The minimum Gasteiger partial charge on any atom is -0.399 e. The van der Waals surface area contributed by atoms with Gasteiger partial charge in [-0.2, -0.15) is 0 Å². The quantitative estimate of drug-likeness (QED) is 0.406. The van der Waals surface area contributed by atoms with Crippen LogP contribution in [0.15, 0.2) is 84.7 Å². The first-order chi connectivity index (χ1) is 20.0. The Balaban J connectivity index is 1.84. The monoisotopic (exact) mass is 445 g/mol. The third-order valence-corrected chi connectivity index (χ3v) is 5.79. The Hall–Kier alpha value is -3.35. The molecule has 5 rings (SSSR count). The summed E-state index contributed by atoms with van der Waals surface area (Å²) >= 11 is 0. The van der Waals surface area contributed by atoms with Gasteiger partial charge in [-0.25, -0.2) is 15.0 Å². The average molecular weight is 445 g/mol. The Labute approximate surface area is 209 Å². The van der Waals surface area contributed by atoms with Crippen molar-refractivity contribution in [3.63, 3.8) is 0 Å². The normalized spacial score (nSPS) is 20.9. The molecule has 4 aromatic rings. The van der Waals surface area contributed by atoms with Crippen molar-refractivity contribution in [2.75, 3.05) is 0 Å². The van der Waals surface area contributed by atoms with E-state index in [1.54, 1.807) is 24.3 Å². The second-order valence-electron chi connectivity index (χ2n) is 8.48. The third-order valence-electron chi connectivity index (χ3n) is 5.79. The minimum absolute atomic E-state index is 0.0519. The summed E-state index contributed by atoms with van der Waals surface area (Å²) in [6.07, 6.45) is 0. The maximum Gasteiger partial charge on any atom is 0.495 e. The molecule has 0 radical (unpaired) electrons. The zero-order chi connectivity index (χ0) is 31.8. The molecule has 1 saturated heterocycles. The summed E-state index contributed by atoms with van der Waals surface area (Å²) in [4.78, 5) is 13.3. The molecular formula is C27H26BN3O2. The molecule has 0 aliphatic carbocycles. The molecule has 0 saturated carbocycles. The molecule has 2 heterocycles. The van der Waals surface area contributed by atoms with Crippen LogP contribution in [0.3, 0.4) is 0 Å². The van der Waals surface area contributed by atoms with E-state index in [2.05, 4.69) is 15.0 Å². The van der Waals surface area contributed by atoms with E-state index in [9.17, 15) is 0 Å². The summed E-state index contributed by atoms with van der Waals surface area (Å²) in [7, 11) is -0.855. The molecule has 0 amide bonds. The Bertz CT molecular complexity index is 1660. The van der Waals surface area contributed by atoms with Gasteiger partial charge in [0.2, 0.25) is 0 Å². The molecule has 1 aliphatic rings. The van der Waals surface area contributed by atoms with Gasteiger partial charge >= 0.3 is 7.12 Å². The van der Waals surface area contributed by atoms with E-state index < -0.39 is 78.7 Å². The number of rotatable bonds is 4. The van der Waals surface area contributed by atoms with Crippen LogP contribution in [0.4, 0.5) is 0 Å². The molecule has 0 N–H and O–H groups in total. The Kier molecular flexibility index (Phi) is 3.18. The fraction of sp³-hybridized carbons (Fsp3) is 0.222. The predicted molar refractivity (Wildman–Crippen MR) is 132 cm³/mol. The highest BCUT2D eigenvalue weighted by atomic mass is 16.7. The molecule has 5 nitrogen and oxygen atoms in total. The lowest BCUT2D eigenvalue weighted by Gasteiger charge is -2.32. The molecule has 0 atom stereocenters. The van der Waals surface area contributed by atoms with Crippen LogP contribution in [-0.4, -0.2) is 33.3 Å². The first kappa shape index (κ1) is 12.8. The van der Waals surface area contributed by atoms with Crippen LogP contribution in [0, 0.1) is 0 Å². The third kappa shape index (κ3) is 4.08. The molecule has 1 aromatic heterocycles. The highest BCUT2D eigenvalue weighted by Gasteiger charge is 2.52. The van der Waals surface area contributed by atoms with E-state index in [1.807, 2.05) is 27.7 Å². The largest absolute Gasteiger partial charge is 0.495 e. The van der Waals surface area contributed by atoms with Gasteiger partial charge in [-0.3, -0.25) is 0 Å². The molecule has 0 unspecified atom stereocenters. The van der Waals surface area contributed by atoms with E-state index in [1.165, 1.54) is 0 Å². The maximum atomic E-state index is 8.50. The van der Waals surface area contributed by atoms with Gasteiger partial charge in [0.05, 0.1) is 24.9 Å². The van der Waals surface area contributed by atoms with Crippen molar-refractivity contribution in [3.05, 3.63) is 84.7 Å². The molecule has 1 fully saturated rings. The first-order valence-electron chi connectivity index (χ1n) is 15.3. The lowest BCUT2D eigenvalue weighted by atomic mass is 9.75. The van der Waals surface area contributed by atoms with Crippen LogP contribution >= 0.6 is 0 Å². The van der Waals surface area contributed by atoms with Gasteiger partial charge in [-0.05, 0) is 33.2 Å². The van der Waals surface area contributed by atoms with E-state index in [0.29, 0.717) is 11.0 Å². The fourth-order valence-electron chi connectivity index (χ4n) is 3.32. The number of nitrogens with zero attached hydrogens (tertiary/aromatic N) is 3. The van der Waals surface area contributed by atoms with Crippen molar-refractivity contribution in [2.45, 2.75) is 38.9 Å². The molecular weight excluding hydrogens is 409 g/mol. The lowest BCUT2D eigenvalue weighted by Crippen LogP contribution is -2.41. The molecule has 1 aliphatic heterocycles. The highest BCUT2D eigenvalue weighted by Crippen LogP contribution is 2.37. The van der Waals surface area contributed by atoms with Gasteiger partial charge < -0.3 is 9.31 Å². The molecule has 6 heteroatoms. The number of aromatic nitrogens is 3. The van der Waals surface area contributed by atoms with Crippen LogP contribution in [-0.2, 0) is 9.31 Å². The lowest BCUT2D eigenvalue weighted by molar-refractivity contribution is 0.00578. The summed E-state index contributed by atoms with van der Waals surface area (Å²) in [6.45, 7) is 7.58. The Morgan fingerprint density at radius 2 is 1.12 bits per heavy atom. The van der Waals surface area contributed by atoms with E-state index in [4.69, 9.17) is 23.0 Å². The van der Waals surface area contributed by atoms with Crippen molar-refractivity contribution < 1.29 is 23.0 Å². The highest BCUT2D eigenvalue weighted by molar-refractivity contribution is 6.63. The zero-order valence-electron chi connectivity index (χ0n) is 28.5.